The number of carbonyl (C=O) groups excluding carboxylic acids is 2. The van der Waals surface area contributed by atoms with Crippen LogP contribution in [0.4, 0.5) is 5.69 Å². The van der Waals surface area contributed by atoms with Crippen LogP contribution in [-0.2, 0) is 16.0 Å². The molecule has 4 rings (SSSR count). The summed E-state index contributed by atoms with van der Waals surface area (Å²) in [6.07, 6.45) is 3.85. The summed E-state index contributed by atoms with van der Waals surface area (Å²) in [5, 5.41) is 2.97. The highest BCUT2D eigenvalue weighted by Crippen LogP contribution is 2.30. The summed E-state index contributed by atoms with van der Waals surface area (Å²) in [6.45, 7) is 1.64. The lowest BCUT2D eigenvalue weighted by atomic mass is 9.88. The van der Waals surface area contributed by atoms with Crippen LogP contribution in [0.5, 0.6) is 0 Å². The number of amides is 2. The van der Waals surface area contributed by atoms with Crippen LogP contribution in [-0.4, -0.2) is 29.8 Å². The van der Waals surface area contributed by atoms with Crippen LogP contribution in [0, 0.1) is 5.92 Å². The van der Waals surface area contributed by atoms with E-state index < -0.39 is 0 Å². The lowest BCUT2D eigenvalue weighted by Crippen LogP contribution is -2.38. The second-order valence-corrected chi connectivity index (χ2v) is 7.65. The molecule has 0 aliphatic carbocycles. The van der Waals surface area contributed by atoms with E-state index in [0.29, 0.717) is 18.8 Å². The Labute approximate surface area is 160 Å². The van der Waals surface area contributed by atoms with Gasteiger partial charge < -0.3 is 10.2 Å². The maximum atomic E-state index is 12.6. The predicted octanol–water partition coefficient (Wildman–Crippen LogP) is 3.98. The van der Waals surface area contributed by atoms with E-state index >= 15 is 0 Å². The van der Waals surface area contributed by atoms with Gasteiger partial charge in [0.25, 0.3) is 0 Å². The molecule has 0 saturated carbocycles. The Bertz CT molecular complexity index is 810. The van der Waals surface area contributed by atoms with E-state index in [4.69, 9.17) is 0 Å². The molecule has 140 valence electrons. The van der Waals surface area contributed by atoms with Gasteiger partial charge in [0.05, 0.1) is 0 Å². The summed E-state index contributed by atoms with van der Waals surface area (Å²) in [4.78, 5) is 26.9. The van der Waals surface area contributed by atoms with Crippen molar-refractivity contribution in [2.75, 3.05) is 18.4 Å². The molecule has 2 amide bonds. The average Bonchev–Trinajstić information content (AvgIpc) is 2.73. The fourth-order valence-electron chi connectivity index (χ4n) is 4.29. The smallest absolute Gasteiger partial charge is 0.227 e. The first kappa shape index (κ1) is 17.8. The van der Waals surface area contributed by atoms with Gasteiger partial charge in [-0.1, -0.05) is 48.5 Å². The van der Waals surface area contributed by atoms with Crippen molar-refractivity contribution in [1.82, 2.24) is 4.90 Å². The van der Waals surface area contributed by atoms with E-state index in [1.54, 1.807) is 0 Å². The molecule has 2 aliphatic rings. The van der Waals surface area contributed by atoms with Crippen LogP contribution in [0.15, 0.2) is 54.6 Å². The highest BCUT2D eigenvalue weighted by molar-refractivity contribution is 5.96. The normalized spacial score (nSPS) is 20.1. The molecule has 0 aromatic heterocycles. The first-order valence-electron chi connectivity index (χ1n) is 9.92. The molecular weight excluding hydrogens is 336 g/mol. The lowest BCUT2D eigenvalue weighted by Gasteiger charge is -2.33. The number of nitrogens with one attached hydrogen (secondary N) is 1. The van der Waals surface area contributed by atoms with Crippen LogP contribution in [0.25, 0.3) is 0 Å². The molecule has 2 aromatic rings. The van der Waals surface area contributed by atoms with E-state index in [9.17, 15) is 9.59 Å². The topological polar surface area (TPSA) is 49.4 Å². The summed E-state index contributed by atoms with van der Waals surface area (Å²) in [6, 6.07) is 18.5. The molecule has 1 N–H and O–H groups in total. The first-order chi connectivity index (χ1) is 13.2. The summed E-state index contributed by atoms with van der Waals surface area (Å²) in [7, 11) is 0. The highest BCUT2D eigenvalue weighted by Gasteiger charge is 2.28. The third kappa shape index (κ3) is 4.05. The lowest BCUT2D eigenvalue weighted by molar-refractivity contribution is -0.132. The first-order valence-corrected chi connectivity index (χ1v) is 9.92. The van der Waals surface area contributed by atoms with Crippen LogP contribution >= 0.6 is 0 Å². The Morgan fingerprint density at radius 1 is 1.00 bits per heavy atom. The molecule has 1 unspecified atom stereocenters. The summed E-state index contributed by atoms with van der Waals surface area (Å²) < 4.78 is 0. The molecule has 1 fully saturated rings. The number of nitrogens with zero attached hydrogens (tertiary/aromatic N) is 1. The molecule has 2 aliphatic heterocycles. The quantitative estimate of drug-likeness (QED) is 0.894. The Morgan fingerprint density at radius 3 is 2.48 bits per heavy atom. The molecule has 1 atom stereocenters. The number of para-hydroxylation sites is 1. The zero-order chi connectivity index (χ0) is 18.6. The zero-order valence-electron chi connectivity index (χ0n) is 15.6. The van der Waals surface area contributed by atoms with E-state index in [1.807, 2.05) is 29.2 Å². The Hall–Kier alpha value is -2.62. The van der Waals surface area contributed by atoms with Gasteiger partial charge in [-0.3, -0.25) is 9.59 Å². The van der Waals surface area contributed by atoms with Crippen molar-refractivity contribution in [3.05, 3.63) is 65.7 Å². The standard InChI is InChI=1S/C23H26N2O2/c26-22(25-14-12-18(13-15-25)17-6-2-1-3-7-17)11-10-20-16-19-8-4-5-9-21(19)24-23(20)27/h1-9,18,20H,10-16H2,(H,24,27). The molecule has 4 nitrogen and oxygen atoms in total. The second-order valence-electron chi connectivity index (χ2n) is 7.65. The molecule has 27 heavy (non-hydrogen) atoms. The van der Waals surface area contributed by atoms with Crippen molar-refractivity contribution in [2.24, 2.45) is 5.92 Å². The van der Waals surface area contributed by atoms with Gasteiger partial charge in [0.15, 0.2) is 0 Å². The molecule has 0 bridgehead atoms. The Kier molecular flexibility index (Phi) is 5.23. The monoisotopic (exact) mass is 362 g/mol. The van der Waals surface area contributed by atoms with Crippen LogP contribution in [0.1, 0.15) is 42.7 Å². The van der Waals surface area contributed by atoms with Crippen molar-refractivity contribution in [3.8, 4) is 0 Å². The number of rotatable bonds is 4. The molecular formula is C23H26N2O2. The maximum absolute atomic E-state index is 12.6. The van der Waals surface area contributed by atoms with Gasteiger partial charge in [0, 0.05) is 31.1 Å². The number of fused-ring (bicyclic) bond motifs is 1. The van der Waals surface area contributed by atoms with Crippen molar-refractivity contribution in [2.45, 2.75) is 38.0 Å². The molecule has 2 aromatic carbocycles. The third-order valence-electron chi connectivity index (χ3n) is 5.94. The number of piperidine rings is 1. The summed E-state index contributed by atoms with van der Waals surface area (Å²) in [5.74, 6) is 0.680. The zero-order valence-corrected chi connectivity index (χ0v) is 15.6. The van der Waals surface area contributed by atoms with Crippen molar-refractivity contribution in [3.63, 3.8) is 0 Å². The molecule has 0 radical (unpaired) electrons. The summed E-state index contributed by atoms with van der Waals surface area (Å²) in [5.41, 5.74) is 3.45. The number of likely N-dealkylation sites (tertiary alicyclic amines) is 1. The van der Waals surface area contributed by atoms with Crippen molar-refractivity contribution in [1.29, 1.82) is 0 Å². The van der Waals surface area contributed by atoms with Gasteiger partial charge in [0.2, 0.25) is 11.8 Å². The number of carbonyl (C=O) groups is 2. The Balaban J connectivity index is 1.27. The van der Waals surface area contributed by atoms with E-state index in [0.717, 1.165) is 38.0 Å². The largest absolute Gasteiger partial charge is 0.343 e. The molecule has 2 heterocycles. The maximum Gasteiger partial charge on any atom is 0.227 e. The molecule has 1 saturated heterocycles. The van der Waals surface area contributed by atoms with Crippen molar-refractivity contribution >= 4 is 17.5 Å². The van der Waals surface area contributed by atoms with Gasteiger partial charge in [-0.25, -0.2) is 0 Å². The van der Waals surface area contributed by atoms with Gasteiger partial charge in [-0.05, 0) is 48.8 Å². The van der Waals surface area contributed by atoms with Crippen LogP contribution in [0.3, 0.4) is 0 Å². The summed E-state index contributed by atoms with van der Waals surface area (Å²) >= 11 is 0. The minimum absolute atomic E-state index is 0.0456. The molecule has 4 heteroatoms. The fourth-order valence-corrected chi connectivity index (χ4v) is 4.29. The third-order valence-corrected chi connectivity index (χ3v) is 5.94. The number of hydrogen-bond acceptors (Lipinski definition) is 2. The molecule has 0 spiro atoms. The van der Waals surface area contributed by atoms with Gasteiger partial charge in [-0.15, -0.1) is 0 Å². The number of anilines is 1. The van der Waals surface area contributed by atoms with E-state index in [2.05, 4.69) is 35.6 Å². The predicted molar refractivity (Wildman–Crippen MR) is 106 cm³/mol. The Morgan fingerprint density at radius 2 is 1.70 bits per heavy atom. The van der Waals surface area contributed by atoms with Crippen LogP contribution < -0.4 is 5.32 Å². The van der Waals surface area contributed by atoms with Crippen molar-refractivity contribution < 1.29 is 9.59 Å². The van der Waals surface area contributed by atoms with Crippen LogP contribution in [0.2, 0.25) is 0 Å². The average molecular weight is 362 g/mol. The van der Waals surface area contributed by atoms with Gasteiger partial charge >= 0.3 is 0 Å². The second kappa shape index (κ2) is 7.95. The minimum atomic E-state index is -0.106. The van der Waals surface area contributed by atoms with Gasteiger partial charge in [0.1, 0.15) is 0 Å². The number of benzene rings is 2. The fraction of sp³-hybridized carbons (Fsp3) is 0.391. The highest BCUT2D eigenvalue weighted by atomic mass is 16.2. The van der Waals surface area contributed by atoms with E-state index in [-0.39, 0.29) is 17.7 Å². The number of hydrogen-bond donors (Lipinski definition) is 1. The SMILES string of the molecule is O=C1Nc2ccccc2CC1CCC(=O)N1CCC(c2ccccc2)CC1. The minimum Gasteiger partial charge on any atom is -0.343 e. The van der Waals surface area contributed by atoms with E-state index in [1.165, 1.54) is 11.1 Å². The van der Waals surface area contributed by atoms with Gasteiger partial charge in [-0.2, -0.15) is 0 Å².